The minimum absolute atomic E-state index is 0.814. The van der Waals surface area contributed by atoms with Crippen molar-refractivity contribution in [3.8, 4) is 0 Å². The molecule has 0 N–H and O–H groups in total. The fraction of sp³-hybridized carbons (Fsp3) is 0. The summed E-state index contributed by atoms with van der Waals surface area (Å²) in [6.45, 7) is 5.93. The summed E-state index contributed by atoms with van der Waals surface area (Å²) in [6.07, 6.45) is 3.97. The Balaban J connectivity index is 2.10. The van der Waals surface area contributed by atoms with Gasteiger partial charge in [-0.25, -0.2) is 0 Å². The number of hydrogen-bond donors (Lipinski definition) is 0. The van der Waals surface area contributed by atoms with Crippen LogP contribution in [0.4, 0.5) is 0 Å². The zero-order chi connectivity index (χ0) is 10.5. The van der Waals surface area contributed by atoms with Gasteiger partial charge in [0.2, 0.25) is 0 Å². The van der Waals surface area contributed by atoms with Crippen molar-refractivity contribution in [2.45, 2.75) is 0 Å². The van der Waals surface area contributed by atoms with E-state index in [4.69, 9.17) is 6.58 Å². The Morgan fingerprint density at radius 3 is 2.53 bits per heavy atom. The van der Waals surface area contributed by atoms with E-state index >= 15 is 0 Å². The Hall–Kier alpha value is -1.60. The van der Waals surface area contributed by atoms with E-state index in [9.17, 15) is 0 Å². The van der Waals surface area contributed by atoms with Gasteiger partial charge in [0.05, 0.1) is 0 Å². The SMILES string of the molecule is [CH]=C(C=Cc1ccccc1)c1cccs1. The van der Waals surface area contributed by atoms with E-state index in [1.165, 1.54) is 0 Å². The first-order valence-corrected chi connectivity index (χ1v) is 5.63. The van der Waals surface area contributed by atoms with Crippen LogP contribution in [0.5, 0.6) is 0 Å². The highest BCUT2D eigenvalue weighted by Gasteiger charge is 1.94. The predicted octanol–water partition coefficient (Wildman–Crippen LogP) is 4.28. The van der Waals surface area contributed by atoms with Crippen LogP contribution in [-0.2, 0) is 0 Å². The Kier molecular flexibility index (Phi) is 3.15. The topological polar surface area (TPSA) is 0 Å². The van der Waals surface area contributed by atoms with Crippen molar-refractivity contribution in [3.63, 3.8) is 0 Å². The standard InChI is InChI=1S/C14H11S/c1-12(14-8-5-11-15-14)9-10-13-6-3-2-4-7-13/h1-11H. The van der Waals surface area contributed by atoms with E-state index < -0.39 is 0 Å². The first kappa shape index (κ1) is 9.94. The zero-order valence-corrected chi connectivity index (χ0v) is 9.08. The number of thiophene rings is 1. The fourth-order valence-corrected chi connectivity index (χ4v) is 1.94. The Morgan fingerprint density at radius 1 is 1.07 bits per heavy atom. The van der Waals surface area contributed by atoms with E-state index in [1.54, 1.807) is 11.3 Å². The van der Waals surface area contributed by atoms with Crippen molar-refractivity contribution in [2.24, 2.45) is 0 Å². The summed E-state index contributed by atoms with van der Waals surface area (Å²) < 4.78 is 0. The molecule has 0 fully saturated rings. The molecule has 0 aliphatic carbocycles. The van der Waals surface area contributed by atoms with E-state index in [-0.39, 0.29) is 0 Å². The van der Waals surface area contributed by atoms with Gasteiger partial charge in [0.25, 0.3) is 0 Å². The molecule has 2 rings (SSSR count). The summed E-state index contributed by atoms with van der Waals surface area (Å²) >= 11 is 1.65. The lowest BCUT2D eigenvalue weighted by Crippen LogP contribution is -1.72. The molecule has 0 spiro atoms. The Bertz CT molecular complexity index is 449. The van der Waals surface area contributed by atoms with Gasteiger partial charge < -0.3 is 0 Å². The quantitative estimate of drug-likeness (QED) is 0.665. The summed E-state index contributed by atoms with van der Waals surface area (Å²) in [4.78, 5) is 1.11. The normalized spacial score (nSPS) is 10.7. The summed E-state index contributed by atoms with van der Waals surface area (Å²) in [7, 11) is 0. The molecule has 0 saturated carbocycles. The van der Waals surface area contributed by atoms with Crippen LogP contribution in [0.25, 0.3) is 11.6 Å². The van der Waals surface area contributed by atoms with Crippen LogP contribution in [0.3, 0.4) is 0 Å². The molecule has 1 aromatic carbocycles. The Morgan fingerprint density at radius 2 is 1.87 bits per heavy atom. The lowest BCUT2D eigenvalue weighted by molar-refractivity contribution is 1.66. The number of allylic oxidation sites excluding steroid dienone is 2. The van der Waals surface area contributed by atoms with E-state index in [2.05, 4.69) is 12.1 Å². The third kappa shape index (κ3) is 2.67. The van der Waals surface area contributed by atoms with Gasteiger partial charge in [-0.15, -0.1) is 11.3 Å². The molecule has 2 aromatic rings. The molecule has 1 radical (unpaired) electrons. The third-order valence-corrected chi connectivity index (χ3v) is 2.98. The Labute approximate surface area is 94.2 Å². The van der Waals surface area contributed by atoms with Crippen molar-refractivity contribution in [1.82, 2.24) is 0 Å². The van der Waals surface area contributed by atoms with Crippen LogP contribution in [0.2, 0.25) is 0 Å². The van der Waals surface area contributed by atoms with Crippen LogP contribution in [0, 0.1) is 6.58 Å². The van der Waals surface area contributed by atoms with Gasteiger partial charge in [-0.1, -0.05) is 55.1 Å². The zero-order valence-electron chi connectivity index (χ0n) is 8.26. The molecule has 0 aliphatic rings. The van der Waals surface area contributed by atoms with Gasteiger partial charge >= 0.3 is 0 Å². The average molecular weight is 211 g/mol. The molecule has 0 saturated heterocycles. The lowest BCUT2D eigenvalue weighted by atomic mass is 10.1. The maximum Gasteiger partial charge on any atom is 0.0342 e. The highest BCUT2D eigenvalue weighted by atomic mass is 32.1. The van der Waals surface area contributed by atoms with Crippen molar-refractivity contribution in [1.29, 1.82) is 0 Å². The second-order valence-electron chi connectivity index (χ2n) is 3.18. The molecule has 0 bridgehead atoms. The lowest BCUT2D eigenvalue weighted by Gasteiger charge is -1.94. The van der Waals surface area contributed by atoms with E-state index in [0.717, 1.165) is 16.0 Å². The van der Waals surface area contributed by atoms with Crippen LogP contribution < -0.4 is 0 Å². The van der Waals surface area contributed by atoms with E-state index in [1.807, 2.05) is 47.9 Å². The number of rotatable bonds is 3. The maximum absolute atomic E-state index is 5.93. The second-order valence-corrected chi connectivity index (χ2v) is 4.12. The van der Waals surface area contributed by atoms with Gasteiger partial charge in [0, 0.05) is 4.88 Å². The minimum atomic E-state index is 0.814. The van der Waals surface area contributed by atoms with Crippen LogP contribution >= 0.6 is 11.3 Å². The molecule has 0 amide bonds. The molecular formula is C14H11S. The van der Waals surface area contributed by atoms with Gasteiger partial charge in [0.15, 0.2) is 0 Å². The smallest absolute Gasteiger partial charge is 0.0342 e. The molecule has 1 heterocycles. The van der Waals surface area contributed by atoms with Gasteiger partial charge in [-0.3, -0.25) is 0 Å². The fourth-order valence-electron chi connectivity index (χ4n) is 1.28. The van der Waals surface area contributed by atoms with Crippen molar-refractivity contribution in [2.75, 3.05) is 0 Å². The van der Waals surface area contributed by atoms with Crippen LogP contribution in [0.15, 0.2) is 53.9 Å². The number of hydrogen-bond acceptors (Lipinski definition) is 1. The summed E-state index contributed by atoms with van der Waals surface area (Å²) in [5.74, 6) is 0. The second kappa shape index (κ2) is 4.76. The summed E-state index contributed by atoms with van der Waals surface area (Å²) in [5, 5.41) is 2.03. The first-order chi connectivity index (χ1) is 7.36. The molecule has 73 valence electrons. The molecule has 15 heavy (non-hydrogen) atoms. The molecule has 1 aromatic heterocycles. The van der Waals surface area contributed by atoms with Gasteiger partial charge in [-0.05, 0) is 22.6 Å². The third-order valence-electron chi connectivity index (χ3n) is 2.06. The van der Waals surface area contributed by atoms with Crippen LogP contribution in [-0.4, -0.2) is 0 Å². The van der Waals surface area contributed by atoms with Crippen molar-refractivity contribution >= 4 is 23.0 Å². The maximum atomic E-state index is 5.93. The van der Waals surface area contributed by atoms with Crippen LogP contribution in [0.1, 0.15) is 10.4 Å². The van der Waals surface area contributed by atoms with Crippen molar-refractivity contribution < 1.29 is 0 Å². The molecule has 0 unspecified atom stereocenters. The largest absolute Gasteiger partial charge is 0.144 e. The predicted molar refractivity (Wildman–Crippen MR) is 67.5 cm³/mol. The molecule has 1 heteroatoms. The highest BCUT2D eigenvalue weighted by molar-refractivity contribution is 7.11. The first-order valence-electron chi connectivity index (χ1n) is 4.76. The molecule has 0 aliphatic heterocycles. The van der Waals surface area contributed by atoms with E-state index in [0.29, 0.717) is 0 Å². The molecular weight excluding hydrogens is 200 g/mol. The molecule has 0 nitrogen and oxygen atoms in total. The molecule has 0 atom stereocenters. The summed E-state index contributed by atoms with van der Waals surface area (Å²) in [6, 6.07) is 14.2. The van der Waals surface area contributed by atoms with Gasteiger partial charge in [-0.2, -0.15) is 0 Å². The monoisotopic (exact) mass is 211 g/mol. The average Bonchev–Trinajstić information content (AvgIpc) is 2.81. The summed E-state index contributed by atoms with van der Waals surface area (Å²) in [5.41, 5.74) is 1.98. The highest BCUT2D eigenvalue weighted by Crippen LogP contribution is 2.20. The minimum Gasteiger partial charge on any atom is -0.144 e. The number of benzene rings is 1. The van der Waals surface area contributed by atoms with Gasteiger partial charge in [0.1, 0.15) is 0 Å². The van der Waals surface area contributed by atoms with Crippen molar-refractivity contribution in [3.05, 3.63) is 70.9 Å².